The number of aromatic nitrogens is 3. The quantitative estimate of drug-likeness (QED) is 0.707. The van der Waals surface area contributed by atoms with E-state index in [2.05, 4.69) is 15.4 Å². The zero-order chi connectivity index (χ0) is 17.8. The molecule has 25 heavy (non-hydrogen) atoms. The molecule has 0 radical (unpaired) electrons. The molecule has 0 aliphatic heterocycles. The molecule has 0 unspecified atom stereocenters. The molecule has 0 fully saturated rings. The van der Waals surface area contributed by atoms with Gasteiger partial charge in [0.15, 0.2) is 0 Å². The number of nitrogens with one attached hydrogen (secondary N) is 1. The van der Waals surface area contributed by atoms with Crippen LogP contribution in [0.3, 0.4) is 0 Å². The average Bonchev–Trinajstić information content (AvgIpc) is 3.22. The highest BCUT2D eigenvalue weighted by atomic mass is 32.1. The van der Waals surface area contributed by atoms with Crippen molar-refractivity contribution < 1.29 is 9.53 Å². The zero-order valence-corrected chi connectivity index (χ0v) is 15.0. The van der Waals surface area contributed by atoms with Crippen molar-refractivity contribution in [2.24, 2.45) is 0 Å². The first-order valence-corrected chi connectivity index (χ1v) is 8.59. The lowest BCUT2D eigenvalue weighted by Gasteiger charge is -2.04. The third-order valence-electron chi connectivity index (χ3n) is 3.44. The maximum Gasteiger partial charge on any atom is 0.249 e. The number of rotatable bonds is 5. The Morgan fingerprint density at radius 3 is 2.96 bits per heavy atom. The Morgan fingerprint density at radius 2 is 2.20 bits per heavy atom. The third kappa shape index (κ3) is 3.77. The predicted octanol–water partition coefficient (Wildman–Crippen LogP) is 3.83. The van der Waals surface area contributed by atoms with Gasteiger partial charge >= 0.3 is 0 Å². The van der Waals surface area contributed by atoms with Crippen LogP contribution in [-0.2, 0) is 4.79 Å². The summed E-state index contributed by atoms with van der Waals surface area (Å²) in [5, 5.41) is 9.89. The molecular formula is C18H18N4O2S. The number of hydrogen-bond donors (Lipinski definition) is 1. The van der Waals surface area contributed by atoms with E-state index in [9.17, 15) is 4.79 Å². The van der Waals surface area contributed by atoms with Gasteiger partial charge in [-0.2, -0.15) is 9.78 Å². The number of nitrogens with zero attached hydrogens (tertiary/aromatic N) is 3. The van der Waals surface area contributed by atoms with Gasteiger partial charge in [-0.05, 0) is 32.1 Å². The van der Waals surface area contributed by atoms with Gasteiger partial charge < -0.3 is 10.1 Å². The second-order valence-corrected chi connectivity index (χ2v) is 6.16. The first-order valence-electron chi connectivity index (χ1n) is 7.71. The van der Waals surface area contributed by atoms with E-state index in [0.717, 1.165) is 22.7 Å². The average molecular weight is 354 g/mol. The monoisotopic (exact) mass is 354 g/mol. The summed E-state index contributed by atoms with van der Waals surface area (Å²) in [5.41, 5.74) is 2.59. The Morgan fingerprint density at radius 1 is 1.36 bits per heavy atom. The second kappa shape index (κ2) is 7.31. The number of thiazole rings is 1. The van der Waals surface area contributed by atoms with E-state index in [1.54, 1.807) is 24.8 Å². The summed E-state index contributed by atoms with van der Waals surface area (Å²) in [6.07, 6.45) is 3.16. The second-order valence-electron chi connectivity index (χ2n) is 5.32. The lowest BCUT2D eigenvalue weighted by molar-refractivity contribution is -0.111. The van der Waals surface area contributed by atoms with Gasteiger partial charge in [-0.3, -0.25) is 4.79 Å². The van der Waals surface area contributed by atoms with Crippen LogP contribution in [0.15, 0.2) is 47.9 Å². The number of methoxy groups -OCH3 is 1. The number of carbonyl (C=O) groups excluding carboxylic acids is 1. The minimum Gasteiger partial charge on any atom is -0.497 e. The van der Waals surface area contributed by atoms with Crippen LogP contribution >= 0.6 is 11.3 Å². The summed E-state index contributed by atoms with van der Waals surface area (Å²) in [4.78, 5) is 16.5. The third-order valence-corrected chi connectivity index (χ3v) is 4.26. The van der Waals surface area contributed by atoms with E-state index in [4.69, 9.17) is 4.74 Å². The summed E-state index contributed by atoms with van der Waals surface area (Å²) in [7, 11) is 1.64. The van der Waals surface area contributed by atoms with E-state index in [0.29, 0.717) is 10.9 Å². The maximum absolute atomic E-state index is 11.8. The Balaban J connectivity index is 1.93. The topological polar surface area (TPSA) is 69.0 Å². The van der Waals surface area contributed by atoms with Crippen molar-refractivity contribution in [1.82, 2.24) is 14.8 Å². The van der Waals surface area contributed by atoms with Gasteiger partial charge in [-0.25, -0.2) is 4.98 Å². The minimum absolute atomic E-state index is 0.201. The summed E-state index contributed by atoms with van der Waals surface area (Å²) in [5.74, 6) is 1.17. The van der Waals surface area contributed by atoms with Crippen LogP contribution < -0.4 is 10.1 Å². The van der Waals surface area contributed by atoms with Gasteiger partial charge in [0, 0.05) is 17.0 Å². The molecule has 0 saturated heterocycles. The van der Waals surface area contributed by atoms with E-state index in [-0.39, 0.29) is 5.91 Å². The molecule has 0 spiro atoms. The molecule has 0 aliphatic rings. The molecule has 2 aromatic heterocycles. The SMILES string of the molecule is CC=CC(=O)Nc1cc(C)nn1-c1nc(-c2cccc(OC)c2)cs1. The van der Waals surface area contributed by atoms with E-state index in [1.807, 2.05) is 42.6 Å². The molecule has 0 aliphatic carbocycles. The van der Waals surface area contributed by atoms with E-state index < -0.39 is 0 Å². The highest BCUT2D eigenvalue weighted by Gasteiger charge is 2.14. The Kier molecular flexibility index (Phi) is 4.95. The molecule has 3 aromatic rings. The highest BCUT2D eigenvalue weighted by molar-refractivity contribution is 7.12. The van der Waals surface area contributed by atoms with Crippen LogP contribution in [-0.4, -0.2) is 27.8 Å². The van der Waals surface area contributed by atoms with Crippen LogP contribution in [0.4, 0.5) is 5.82 Å². The molecule has 0 bridgehead atoms. The van der Waals surface area contributed by atoms with Gasteiger partial charge in [0.25, 0.3) is 0 Å². The van der Waals surface area contributed by atoms with Gasteiger partial charge in [-0.1, -0.05) is 18.2 Å². The molecule has 6 nitrogen and oxygen atoms in total. The first kappa shape index (κ1) is 16.9. The lowest BCUT2D eigenvalue weighted by atomic mass is 10.2. The molecule has 7 heteroatoms. The van der Waals surface area contributed by atoms with E-state index in [1.165, 1.54) is 17.4 Å². The van der Waals surface area contributed by atoms with Crippen LogP contribution in [0.5, 0.6) is 5.75 Å². The summed E-state index contributed by atoms with van der Waals surface area (Å²) < 4.78 is 6.91. The molecule has 1 N–H and O–H groups in total. The molecule has 1 amide bonds. The largest absolute Gasteiger partial charge is 0.497 e. The highest BCUT2D eigenvalue weighted by Crippen LogP contribution is 2.28. The Hall–Kier alpha value is -2.93. The lowest BCUT2D eigenvalue weighted by Crippen LogP contribution is -2.12. The van der Waals surface area contributed by atoms with Gasteiger partial charge in [0.2, 0.25) is 11.0 Å². The van der Waals surface area contributed by atoms with Crippen molar-refractivity contribution in [3.8, 4) is 22.1 Å². The predicted molar refractivity (Wildman–Crippen MR) is 99.4 cm³/mol. The zero-order valence-electron chi connectivity index (χ0n) is 14.2. The van der Waals surface area contributed by atoms with Gasteiger partial charge in [0.1, 0.15) is 11.6 Å². The molecule has 2 heterocycles. The molecule has 1 aromatic carbocycles. The van der Waals surface area contributed by atoms with Crippen LogP contribution in [0, 0.1) is 6.92 Å². The van der Waals surface area contributed by atoms with Crippen molar-refractivity contribution >= 4 is 23.1 Å². The molecular weight excluding hydrogens is 336 g/mol. The number of amides is 1. The Labute approximate surface area is 149 Å². The maximum atomic E-state index is 11.8. The normalized spacial score (nSPS) is 11.0. The summed E-state index contributed by atoms with van der Waals surface area (Å²) in [6.45, 7) is 3.67. The molecule has 0 atom stereocenters. The number of hydrogen-bond acceptors (Lipinski definition) is 5. The number of benzene rings is 1. The fourth-order valence-electron chi connectivity index (χ4n) is 2.33. The molecule has 128 valence electrons. The van der Waals surface area contributed by atoms with Crippen molar-refractivity contribution in [1.29, 1.82) is 0 Å². The summed E-state index contributed by atoms with van der Waals surface area (Å²) in [6, 6.07) is 9.54. The number of ether oxygens (including phenoxy) is 1. The number of allylic oxidation sites excluding steroid dienone is 1. The molecule has 0 saturated carbocycles. The van der Waals surface area contributed by atoms with Gasteiger partial charge in [0.05, 0.1) is 18.5 Å². The number of aryl methyl sites for hydroxylation is 1. The fourth-order valence-corrected chi connectivity index (χ4v) is 3.13. The minimum atomic E-state index is -0.201. The Bertz CT molecular complexity index is 927. The number of anilines is 1. The van der Waals surface area contributed by atoms with E-state index >= 15 is 0 Å². The van der Waals surface area contributed by atoms with Crippen molar-refractivity contribution in [2.75, 3.05) is 12.4 Å². The van der Waals surface area contributed by atoms with Crippen molar-refractivity contribution in [3.63, 3.8) is 0 Å². The fraction of sp³-hybridized carbons (Fsp3) is 0.167. The molecule has 3 rings (SSSR count). The standard InChI is InChI=1S/C18H18N4O2S/c1-4-6-17(23)20-16-9-12(2)21-22(16)18-19-15(11-25-18)13-7-5-8-14(10-13)24-3/h4-11H,1-3H3,(H,20,23). The number of carbonyl (C=O) groups is 1. The summed E-state index contributed by atoms with van der Waals surface area (Å²) >= 11 is 1.46. The van der Waals surface area contributed by atoms with Gasteiger partial charge in [-0.15, -0.1) is 11.3 Å². The van der Waals surface area contributed by atoms with Crippen LogP contribution in [0.25, 0.3) is 16.4 Å². The smallest absolute Gasteiger partial charge is 0.249 e. The van der Waals surface area contributed by atoms with Crippen LogP contribution in [0.2, 0.25) is 0 Å². The van der Waals surface area contributed by atoms with Crippen molar-refractivity contribution in [3.05, 3.63) is 53.6 Å². The van der Waals surface area contributed by atoms with Crippen LogP contribution in [0.1, 0.15) is 12.6 Å². The first-order chi connectivity index (χ1) is 12.1. The van der Waals surface area contributed by atoms with Crippen molar-refractivity contribution in [2.45, 2.75) is 13.8 Å².